The molecule has 8 heteroatoms. The van der Waals surface area contributed by atoms with Crippen molar-refractivity contribution in [3.8, 4) is 17.2 Å². The molecule has 1 aromatic carbocycles. The third-order valence-corrected chi connectivity index (χ3v) is 2.26. The molecule has 0 bridgehead atoms. The Kier molecular flexibility index (Phi) is 3.16. The minimum atomic E-state index is -4.77. The van der Waals surface area contributed by atoms with Crippen molar-refractivity contribution in [2.75, 3.05) is 0 Å². The first-order valence-corrected chi connectivity index (χ1v) is 5.09. The van der Waals surface area contributed by atoms with Crippen LogP contribution in [0.4, 0.5) is 13.2 Å². The summed E-state index contributed by atoms with van der Waals surface area (Å²) in [5.74, 6) is -0.0916. The first kappa shape index (κ1) is 12.7. The lowest BCUT2D eigenvalue weighted by Gasteiger charge is -2.09. The van der Waals surface area contributed by atoms with E-state index in [2.05, 4.69) is 14.9 Å². The van der Waals surface area contributed by atoms with Crippen molar-refractivity contribution in [1.29, 1.82) is 0 Å². The van der Waals surface area contributed by atoms with Crippen molar-refractivity contribution in [2.24, 2.45) is 0 Å². The highest BCUT2D eigenvalue weighted by Gasteiger charge is 2.31. The van der Waals surface area contributed by atoms with Crippen molar-refractivity contribution in [1.82, 2.24) is 10.2 Å². The molecular formula is C10H6ClF3N2O2. The average Bonchev–Trinajstić information content (AvgIpc) is 2.66. The lowest BCUT2D eigenvalue weighted by molar-refractivity contribution is -0.274. The Morgan fingerprint density at radius 1 is 1.28 bits per heavy atom. The number of hydrogen-bond donors (Lipinski definition) is 0. The molecule has 0 N–H and O–H groups in total. The molecule has 0 saturated heterocycles. The summed E-state index contributed by atoms with van der Waals surface area (Å²) in [6.45, 7) is 1.56. The monoisotopic (exact) mass is 278 g/mol. The molecule has 0 amide bonds. The van der Waals surface area contributed by atoms with E-state index in [0.29, 0.717) is 0 Å². The second-order valence-corrected chi connectivity index (χ2v) is 3.72. The minimum absolute atomic E-state index is 0.0325. The van der Waals surface area contributed by atoms with Gasteiger partial charge in [-0.3, -0.25) is 0 Å². The number of nitrogens with zero attached hydrogens (tertiary/aromatic N) is 2. The van der Waals surface area contributed by atoms with Gasteiger partial charge in [0.05, 0.1) is 10.6 Å². The second-order valence-electron chi connectivity index (χ2n) is 3.32. The maximum absolute atomic E-state index is 12.1. The van der Waals surface area contributed by atoms with E-state index in [1.165, 1.54) is 6.07 Å². The highest BCUT2D eigenvalue weighted by Crippen LogP contribution is 2.32. The third-order valence-electron chi connectivity index (χ3n) is 1.93. The summed E-state index contributed by atoms with van der Waals surface area (Å²) in [4.78, 5) is 0. The molecule has 0 radical (unpaired) electrons. The van der Waals surface area contributed by atoms with Crippen LogP contribution in [0.1, 0.15) is 5.89 Å². The van der Waals surface area contributed by atoms with Gasteiger partial charge in [-0.1, -0.05) is 11.6 Å². The molecule has 1 heterocycles. The van der Waals surface area contributed by atoms with Crippen LogP contribution < -0.4 is 4.74 Å². The molecule has 96 valence electrons. The molecule has 0 spiro atoms. The van der Waals surface area contributed by atoms with Crippen LogP contribution in [0.15, 0.2) is 22.6 Å². The lowest BCUT2D eigenvalue weighted by Crippen LogP contribution is -2.17. The fourth-order valence-corrected chi connectivity index (χ4v) is 1.47. The molecule has 0 aliphatic rings. The second kappa shape index (κ2) is 4.49. The van der Waals surface area contributed by atoms with Gasteiger partial charge >= 0.3 is 6.36 Å². The number of ether oxygens (including phenoxy) is 1. The molecule has 2 aromatic rings. The van der Waals surface area contributed by atoms with Crippen LogP contribution in [0.5, 0.6) is 5.75 Å². The summed E-state index contributed by atoms with van der Waals surface area (Å²) in [7, 11) is 0. The third kappa shape index (κ3) is 2.92. The van der Waals surface area contributed by atoms with Crippen molar-refractivity contribution in [3.63, 3.8) is 0 Å². The molecule has 0 atom stereocenters. The molecule has 0 aliphatic carbocycles. The minimum Gasteiger partial charge on any atom is -0.421 e. The number of aryl methyl sites for hydroxylation is 1. The zero-order valence-electron chi connectivity index (χ0n) is 8.95. The Labute approximate surface area is 104 Å². The number of aromatic nitrogens is 2. The molecule has 0 aliphatic heterocycles. The van der Waals surface area contributed by atoms with Crippen LogP contribution in [0.25, 0.3) is 11.5 Å². The molecule has 4 nitrogen and oxygen atoms in total. The number of benzene rings is 1. The van der Waals surface area contributed by atoms with Gasteiger partial charge in [0.2, 0.25) is 11.8 Å². The normalized spacial score (nSPS) is 11.6. The van der Waals surface area contributed by atoms with E-state index < -0.39 is 12.1 Å². The van der Waals surface area contributed by atoms with Crippen molar-refractivity contribution in [3.05, 3.63) is 29.1 Å². The predicted octanol–water partition coefficient (Wildman–Crippen LogP) is 3.60. The molecule has 0 fully saturated rings. The molecule has 0 saturated carbocycles. The van der Waals surface area contributed by atoms with Gasteiger partial charge in [0, 0.05) is 6.92 Å². The fraction of sp³-hybridized carbons (Fsp3) is 0.200. The number of rotatable bonds is 2. The van der Waals surface area contributed by atoms with Gasteiger partial charge < -0.3 is 9.15 Å². The largest absolute Gasteiger partial charge is 0.573 e. The van der Waals surface area contributed by atoms with Crippen molar-refractivity contribution < 1.29 is 22.3 Å². The molecular weight excluding hydrogens is 273 g/mol. The fourth-order valence-electron chi connectivity index (χ4n) is 1.27. The first-order valence-electron chi connectivity index (χ1n) is 4.71. The zero-order chi connectivity index (χ0) is 13.3. The van der Waals surface area contributed by atoms with Crippen LogP contribution in [-0.4, -0.2) is 16.6 Å². The van der Waals surface area contributed by atoms with E-state index in [1.807, 2.05) is 0 Å². The first-order chi connectivity index (χ1) is 8.35. The summed E-state index contributed by atoms with van der Waals surface area (Å²) in [6.07, 6.45) is -4.77. The van der Waals surface area contributed by atoms with Gasteiger partial charge in [-0.2, -0.15) is 0 Å². The van der Waals surface area contributed by atoms with Crippen LogP contribution in [-0.2, 0) is 0 Å². The topological polar surface area (TPSA) is 48.2 Å². The van der Waals surface area contributed by atoms with Gasteiger partial charge in [-0.05, 0) is 18.2 Å². The lowest BCUT2D eigenvalue weighted by atomic mass is 10.2. The molecule has 0 unspecified atom stereocenters. The zero-order valence-corrected chi connectivity index (χ0v) is 9.71. The summed E-state index contributed by atoms with van der Waals surface area (Å²) in [5, 5.41) is 7.43. The Hall–Kier alpha value is -1.76. The number of alkyl halides is 3. The van der Waals surface area contributed by atoms with E-state index in [4.69, 9.17) is 16.0 Å². The van der Waals surface area contributed by atoms with Crippen molar-refractivity contribution >= 4 is 11.6 Å². The maximum Gasteiger partial charge on any atom is 0.573 e. The SMILES string of the molecule is Cc1nnc(-c2cc(OC(F)(F)F)ccc2Cl)o1. The van der Waals surface area contributed by atoms with E-state index in [0.717, 1.165) is 12.1 Å². The highest BCUT2D eigenvalue weighted by molar-refractivity contribution is 6.33. The smallest absolute Gasteiger partial charge is 0.421 e. The summed E-state index contributed by atoms with van der Waals surface area (Å²) >= 11 is 5.85. The Balaban J connectivity index is 2.39. The maximum atomic E-state index is 12.1. The van der Waals surface area contributed by atoms with E-state index in [9.17, 15) is 13.2 Å². The van der Waals surface area contributed by atoms with E-state index >= 15 is 0 Å². The van der Waals surface area contributed by atoms with E-state index in [1.54, 1.807) is 6.92 Å². The summed E-state index contributed by atoms with van der Waals surface area (Å²) in [5.41, 5.74) is 0.180. The van der Waals surface area contributed by atoms with Gasteiger partial charge in [0.1, 0.15) is 5.75 Å². The number of hydrogen-bond acceptors (Lipinski definition) is 4. The van der Waals surface area contributed by atoms with Crippen LogP contribution in [0, 0.1) is 6.92 Å². The Bertz CT molecular complexity index is 568. The molecule has 2 rings (SSSR count). The van der Waals surface area contributed by atoms with Gasteiger partial charge in [-0.25, -0.2) is 0 Å². The van der Waals surface area contributed by atoms with Crippen molar-refractivity contribution in [2.45, 2.75) is 13.3 Å². The quantitative estimate of drug-likeness (QED) is 0.842. The van der Waals surface area contributed by atoms with Crippen LogP contribution >= 0.6 is 11.6 Å². The van der Waals surface area contributed by atoms with Gasteiger partial charge in [0.15, 0.2) is 0 Å². The Morgan fingerprint density at radius 2 is 2.00 bits per heavy atom. The van der Waals surface area contributed by atoms with Gasteiger partial charge in [0.25, 0.3) is 0 Å². The van der Waals surface area contributed by atoms with Gasteiger partial charge in [-0.15, -0.1) is 23.4 Å². The summed E-state index contributed by atoms with van der Waals surface area (Å²) in [6, 6.07) is 3.45. The van der Waals surface area contributed by atoms with Crippen LogP contribution in [0.3, 0.4) is 0 Å². The summed E-state index contributed by atoms with van der Waals surface area (Å²) < 4.78 is 45.1. The molecule has 1 aromatic heterocycles. The highest BCUT2D eigenvalue weighted by atomic mass is 35.5. The van der Waals surface area contributed by atoms with E-state index in [-0.39, 0.29) is 22.4 Å². The average molecular weight is 279 g/mol. The standard InChI is InChI=1S/C10H6ClF3N2O2/c1-5-15-16-9(17-5)7-4-6(2-3-8(7)11)18-10(12,13)14/h2-4H,1H3. The predicted molar refractivity (Wildman–Crippen MR) is 56.2 cm³/mol. The number of halogens is 4. The van der Waals surface area contributed by atoms with Crippen LogP contribution in [0.2, 0.25) is 5.02 Å². The molecule has 18 heavy (non-hydrogen) atoms. The Morgan fingerprint density at radius 3 is 2.56 bits per heavy atom.